The molecular weight excluding hydrogens is 432 g/mol. The lowest BCUT2D eigenvalue weighted by Crippen LogP contribution is -2.15. The molecule has 0 N–H and O–H groups in total. The summed E-state index contributed by atoms with van der Waals surface area (Å²) in [5.41, 5.74) is 4.90. The Bertz CT molecular complexity index is 911. The predicted molar refractivity (Wildman–Crippen MR) is 159 cm³/mol. The van der Waals surface area contributed by atoms with Crippen LogP contribution < -0.4 is 0 Å². The van der Waals surface area contributed by atoms with E-state index in [-0.39, 0.29) is 0 Å². The van der Waals surface area contributed by atoms with Crippen LogP contribution >= 0.6 is 0 Å². The minimum Gasteiger partial charge on any atom is -0.0840 e. The first-order valence-electron chi connectivity index (χ1n) is 15.1. The van der Waals surface area contributed by atoms with Crippen molar-refractivity contribution >= 4 is 6.08 Å². The van der Waals surface area contributed by atoms with Gasteiger partial charge < -0.3 is 0 Å². The Morgan fingerprint density at radius 1 is 0.639 bits per heavy atom. The van der Waals surface area contributed by atoms with Crippen LogP contribution in [0.1, 0.15) is 132 Å². The lowest BCUT2D eigenvalue weighted by Gasteiger charge is -2.28. The average molecular weight is 483 g/mol. The van der Waals surface area contributed by atoms with Crippen molar-refractivity contribution < 1.29 is 0 Å². The van der Waals surface area contributed by atoms with Crippen molar-refractivity contribution in [3.63, 3.8) is 0 Å². The standard InChI is InChI=1S/C36H50/c1-3-5-7-8-9-10-12-14-32-17-21-34(22-18-32)24-26-36-29-27-35(28-30-36)25-23-33-19-15-31(16-20-33)13-11-6-4-2/h11,13,15-16,19-20,27-30,32,34H,3-10,12,14,17-18,21-22,24,26H2,1-2H3/b13-11+. The van der Waals surface area contributed by atoms with Crippen LogP contribution in [-0.2, 0) is 6.42 Å². The molecule has 0 bridgehead atoms. The van der Waals surface area contributed by atoms with Gasteiger partial charge in [0.25, 0.3) is 0 Å². The van der Waals surface area contributed by atoms with Gasteiger partial charge in [-0.2, -0.15) is 0 Å². The highest BCUT2D eigenvalue weighted by molar-refractivity contribution is 5.52. The van der Waals surface area contributed by atoms with Crippen molar-refractivity contribution in [2.24, 2.45) is 11.8 Å². The lowest BCUT2D eigenvalue weighted by molar-refractivity contribution is 0.248. The molecular formula is C36H50. The fourth-order valence-corrected chi connectivity index (χ4v) is 5.53. The summed E-state index contributed by atoms with van der Waals surface area (Å²) >= 11 is 0. The number of rotatable bonds is 14. The number of aryl methyl sites for hydroxylation is 1. The first kappa shape index (κ1) is 28.3. The number of allylic oxidation sites excluding steroid dienone is 1. The maximum atomic E-state index is 3.34. The topological polar surface area (TPSA) is 0 Å². The maximum absolute atomic E-state index is 3.34. The van der Waals surface area contributed by atoms with Gasteiger partial charge in [0, 0.05) is 11.1 Å². The molecule has 194 valence electrons. The Kier molecular flexibility index (Phi) is 13.6. The minimum atomic E-state index is 0.939. The molecule has 0 spiro atoms. The van der Waals surface area contributed by atoms with Gasteiger partial charge in [0.15, 0.2) is 0 Å². The molecule has 0 saturated heterocycles. The zero-order chi connectivity index (χ0) is 25.3. The molecule has 1 aliphatic carbocycles. The van der Waals surface area contributed by atoms with E-state index >= 15 is 0 Å². The highest BCUT2D eigenvalue weighted by Gasteiger charge is 2.20. The van der Waals surface area contributed by atoms with Crippen LogP contribution in [-0.4, -0.2) is 0 Å². The van der Waals surface area contributed by atoms with Crippen LogP contribution in [0.2, 0.25) is 0 Å². The monoisotopic (exact) mass is 482 g/mol. The third-order valence-corrected chi connectivity index (χ3v) is 8.00. The van der Waals surface area contributed by atoms with Crippen molar-refractivity contribution in [2.75, 3.05) is 0 Å². The van der Waals surface area contributed by atoms with Gasteiger partial charge in [-0.25, -0.2) is 0 Å². The van der Waals surface area contributed by atoms with Crippen LogP contribution in [0, 0.1) is 23.7 Å². The van der Waals surface area contributed by atoms with Crippen LogP contribution in [0.4, 0.5) is 0 Å². The Labute approximate surface area is 223 Å². The molecule has 0 amide bonds. The second-order valence-corrected chi connectivity index (χ2v) is 11.1. The van der Waals surface area contributed by atoms with E-state index in [1.807, 2.05) is 0 Å². The fraction of sp³-hybridized carbons (Fsp3) is 0.556. The van der Waals surface area contributed by atoms with E-state index in [0.717, 1.165) is 29.4 Å². The summed E-state index contributed by atoms with van der Waals surface area (Å²) in [6, 6.07) is 17.5. The van der Waals surface area contributed by atoms with Gasteiger partial charge in [0.1, 0.15) is 0 Å². The van der Waals surface area contributed by atoms with Crippen molar-refractivity contribution in [1.82, 2.24) is 0 Å². The number of unbranched alkanes of at least 4 members (excludes halogenated alkanes) is 7. The molecule has 0 aliphatic heterocycles. The molecule has 1 fully saturated rings. The van der Waals surface area contributed by atoms with E-state index in [1.165, 1.54) is 107 Å². The Balaban J connectivity index is 1.32. The molecule has 1 aliphatic rings. The van der Waals surface area contributed by atoms with Gasteiger partial charge in [-0.1, -0.05) is 146 Å². The normalized spacial score (nSPS) is 17.7. The smallest absolute Gasteiger partial charge is 0.0249 e. The largest absolute Gasteiger partial charge is 0.0840 e. The van der Waals surface area contributed by atoms with E-state index in [1.54, 1.807) is 0 Å². The maximum Gasteiger partial charge on any atom is 0.0249 e. The van der Waals surface area contributed by atoms with Crippen molar-refractivity contribution in [3.8, 4) is 11.8 Å². The van der Waals surface area contributed by atoms with Gasteiger partial charge in [-0.3, -0.25) is 0 Å². The summed E-state index contributed by atoms with van der Waals surface area (Å²) in [6.45, 7) is 4.51. The summed E-state index contributed by atoms with van der Waals surface area (Å²) in [6.07, 6.45) is 26.8. The molecule has 0 unspecified atom stereocenters. The van der Waals surface area contributed by atoms with Gasteiger partial charge in [0.05, 0.1) is 0 Å². The predicted octanol–water partition coefficient (Wildman–Crippen LogP) is 10.8. The third-order valence-electron chi connectivity index (χ3n) is 8.00. The molecule has 0 atom stereocenters. The molecule has 36 heavy (non-hydrogen) atoms. The highest BCUT2D eigenvalue weighted by atomic mass is 14.3. The van der Waals surface area contributed by atoms with Crippen LogP contribution in [0.25, 0.3) is 6.08 Å². The summed E-state index contributed by atoms with van der Waals surface area (Å²) in [4.78, 5) is 0. The number of benzene rings is 2. The van der Waals surface area contributed by atoms with Gasteiger partial charge in [0.2, 0.25) is 0 Å². The molecule has 2 aromatic rings. The molecule has 0 radical (unpaired) electrons. The van der Waals surface area contributed by atoms with E-state index < -0.39 is 0 Å². The Morgan fingerprint density at radius 3 is 1.81 bits per heavy atom. The van der Waals surface area contributed by atoms with Gasteiger partial charge in [-0.05, 0) is 66.5 Å². The Morgan fingerprint density at radius 2 is 1.19 bits per heavy atom. The van der Waals surface area contributed by atoms with E-state index in [2.05, 4.69) is 86.4 Å². The van der Waals surface area contributed by atoms with Crippen LogP contribution in [0.5, 0.6) is 0 Å². The van der Waals surface area contributed by atoms with E-state index in [9.17, 15) is 0 Å². The van der Waals surface area contributed by atoms with Crippen molar-refractivity contribution in [2.45, 2.75) is 117 Å². The lowest BCUT2D eigenvalue weighted by atomic mass is 9.77. The first-order valence-corrected chi connectivity index (χ1v) is 15.1. The summed E-state index contributed by atoms with van der Waals surface area (Å²) in [5.74, 6) is 8.61. The van der Waals surface area contributed by atoms with Gasteiger partial charge >= 0.3 is 0 Å². The van der Waals surface area contributed by atoms with Gasteiger partial charge in [-0.15, -0.1) is 0 Å². The molecule has 0 nitrogen and oxygen atoms in total. The highest BCUT2D eigenvalue weighted by Crippen LogP contribution is 2.34. The quantitative estimate of drug-likeness (QED) is 0.185. The average Bonchev–Trinajstić information content (AvgIpc) is 2.92. The first-order chi connectivity index (χ1) is 17.8. The van der Waals surface area contributed by atoms with E-state index in [4.69, 9.17) is 0 Å². The summed E-state index contributed by atoms with van der Waals surface area (Å²) in [7, 11) is 0. The summed E-state index contributed by atoms with van der Waals surface area (Å²) < 4.78 is 0. The number of hydrogen-bond donors (Lipinski definition) is 0. The molecule has 2 aromatic carbocycles. The van der Waals surface area contributed by atoms with Crippen molar-refractivity contribution in [1.29, 1.82) is 0 Å². The second kappa shape index (κ2) is 17.2. The summed E-state index contributed by atoms with van der Waals surface area (Å²) in [5, 5.41) is 0. The SMILES string of the molecule is CCC/C=C/c1ccc(C#Cc2ccc(CCC3CCC(CCCCCCCCC)CC3)cc2)cc1. The zero-order valence-corrected chi connectivity index (χ0v) is 23.2. The molecule has 3 rings (SSSR count). The zero-order valence-electron chi connectivity index (χ0n) is 23.2. The molecule has 0 heterocycles. The molecule has 0 heteroatoms. The van der Waals surface area contributed by atoms with Crippen molar-refractivity contribution in [3.05, 3.63) is 76.9 Å². The van der Waals surface area contributed by atoms with E-state index in [0.29, 0.717) is 0 Å². The molecule has 0 aromatic heterocycles. The second-order valence-electron chi connectivity index (χ2n) is 11.1. The Hall–Kier alpha value is -2.26. The third kappa shape index (κ3) is 11.2. The minimum absolute atomic E-state index is 0.939. The molecule has 1 saturated carbocycles. The fourth-order valence-electron chi connectivity index (χ4n) is 5.53. The van der Waals surface area contributed by atoms with Crippen LogP contribution in [0.3, 0.4) is 0 Å². The van der Waals surface area contributed by atoms with Crippen LogP contribution in [0.15, 0.2) is 54.6 Å². The number of hydrogen-bond acceptors (Lipinski definition) is 0.